The third-order valence-electron chi connectivity index (χ3n) is 3.87. The van der Waals surface area contributed by atoms with E-state index in [4.69, 9.17) is 10.5 Å². The van der Waals surface area contributed by atoms with Crippen molar-refractivity contribution >= 4 is 17.9 Å². The number of urea groups is 1. The SMILES string of the molecule is CCOC(=O)C1CCCN1C(=O)C(NC(N)=O)C(C)CC. The predicted molar refractivity (Wildman–Crippen MR) is 77.3 cm³/mol. The van der Waals surface area contributed by atoms with E-state index < -0.39 is 18.1 Å². The third kappa shape index (κ3) is 4.34. The molecule has 1 saturated heterocycles. The van der Waals surface area contributed by atoms with Gasteiger partial charge in [-0.15, -0.1) is 0 Å². The fourth-order valence-electron chi connectivity index (χ4n) is 2.53. The number of ether oxygens (including phenoxy) is 1. The van der Waals surface area contributed by atoms with Crippen molar-refractivity contribution in [3.63, 3.8) is 0 Å². The molecule has 0 saturated carbocycles. The molecule has 0 bridgehead atoms. The summed E-state index contributed by atoms with van der Waals surface area (Å²) in [6.07, 6.45) is 2.06. The van der Waals surface area contributed by atoms with Crippen LogP contribution >= 0.6 is 0 Å². The summed E-state index contributed by atoms with van der Waals surface area (Å²) in [6.45, 7) is 6.31. The van der Waals surface area contributed by atoms with Crippen molar-refractivity contribution in [2.75, 3.05) is 13.2 Å². The van der Waals surface area contributed by atoms with Crippen LogP contribution in [-0.2, 0) is 14.3 Å². The van der Waals surface area contributed by atoms with Gasteiger partial charge in [0.15, 0.2) is 0 Å². The van der Waals surface area contributed by atoms with Gasteiger partial charge in [0.1, 0.15) is 12.1 Å². The summed E-state index contributed by atoms with van der Waals surface area (Å²) in [6, 6.07) is -2.00. The zero-order valence-electron chi connectivity index (χ0n) is 12.9. The predicted octanol–water partition coefficient (Wildman–Crippen LogP) is 0.624. The second-order valence-corrected chi connectivity index (χ2v) is 5.31. The first kappa shape index (κ1) is 17.3. The topological polar surface area (TPSA) is 102 Å². The Morgan fingerprint density at radius 2 is 2.05 bits per heavy atom. The van der Waals surface area contributed by atoms with Gasteiger partial charge in [0.25, 0.3) is 0 Å². The van der Waals surface area contributed by atoms with E-state index in [0.717, 1.165) is 6.42 Å². The van der Waals surface area contributed by atoms with Crippen LogP contribution in [0.25, 0.3) is 0 Å². The van der Waals surface area contributed by atoms with E-state index in [1.54, 1.807) is 6.92 Å². The number of nitrogens with one attached hydrogen (secondary N) is 1. The van der Waals surface area contributed by atoms with E-state index in [1.165, 1.54) is 4.90 Å². The molecule has 0 aromatic rings. The maximum Gasteiger partial charge on any atom is 0.328 e. The van der Waals surface area contributed by atoms with Crippen molar-refractivity contribution in [2.45, 2.75) is 52.1 Å². The number of primary amides is 1. The summed E-state index contributed by atoms with van der Waals surface area (Å²) in [5.74, 6) is -0.711. The molecule has 0 radical (unpaired) electrons. The van der Waals surface area contributed by atoms with Gasteiger partial charge in [0, 0.05) is 6.54 Å². The summed E-state index contributed by atoms with van der Waals surface area (Å²) in [5.41, 5.74) is 5.15. The Morgan fingerprint density at radius 3 is 2.57 bits per heavy atom. The summed E-state index contributed by atoms with van der Waals surface area (Å²) >= 11 is 0. The molecule has 0 aromatic carbocycles. The Bertz CT molecular complexity index is 400. The van der Waals surface area contributed by atoms with E-state index >= 15 is 0 Å². The summed E-state index contributed by atoms with van der Waals surface area (Å²) in [7, 11) is 0. The van der Waals surface area contributed by atoms with Gasteiger partial charge in [-0.2, -0.15) is 0 Å². The molecule has 1 rings (SSSR count). The number of carbonyl (C=O) groups excluding carboxylic acids is 3. The number of rotatable bonds is 6. The van der Waals surface area contributed by atoms with Crippen molar-refractivity contribution in [3.8, 4) is 0 Å². The van der Waals surface area contributed by atoms with Crippen LogP contribution in [0.1, 0.15) is 40.0 Å². The highest BCUT2D eigenvalue weighted by Gasteiger charge is 2.39. The maximum absolute atomic E-state index is 12.6. The van der Waals surface area contributed by atoms with Crippen LogP contribution in [0.4, 0.5) is 4.79 Å². The van der Waals surface area contributed by atoms with Crippen molar-refractivity contribution in [1.29, 1.82) is 0 Å². The van der Waals surface area contributed by atoms with Crippen LogP contribution in [0.2, 0.25) is 0 Å². The molecular formula is C14H25N3O4. The minimum atomic E-state index is -0.736. The first-order valence-corrected chi connectivity index (χ1v) is 7.45. The van der Waals surface area contributed by atoms with E-state index in [1.807, 2.05) is 13.8 Å². The van der Waals surface area contributed by atoms with Crippen molar-refractivity contribution in [3.05, 3.63) is 0 Å². The molecule has 3 atom stereocenters. The van der Waals surface area contributed by atoms with Gasteiger partial charge in [-0.3, -0.25) is 4.79 Å². The third-order valence-corrected chi connectivity index (χ3v) is 3.87. The van der Waals surface area contributed by atoms with Gasteiger partial charge in [0.05, 0.1) is 6.61 Å². The molecule has 1 aliphatic rings. The molecule has 120 valence electrons. The standard InChI is InChI=1S/C14H25N3O4/c1-4-9(3)11(16-14(15)20)12(18)17-8-6-7-10(17)13(19)21-5-2/h9-11H,4-8H2,1-3H3,(H3,15,16,20). The Balaban J connectivity index is 2.86. The number of hydrogen-bond acceptors (Lipinski definition) is 4. The first-order chi connectivity index (χ1) is 9.92. The van der Waals surface area contributed by atoms with E-state index in [2.05, 4.69) is 5.32 Å². The van der Waals surface area contributed by atoms with Gasteiger partial charge >= 0.3 is 12.0 Å². The van der Waals surface area contributed by atoms with Crippen LogP contribution in [0.15, 0.2) is 0 Å². The maximum atomic E-state index is 12.6. The highest BCUT2D eigenvalue weighted by molar-refractivity contribution is 5.90. The molecule has 0 aliphatic carbocycles. The number of nitrogens with two attached hydrogens (primary N) is 1. The Kier molecular flexibility index (Phi) is 6.45. The molecule has 21 heavy (non-hydrogen) atoms. The van der Waals surface area contributed by atoms with Crippen LogP contribution in [0, 0.1) is 5.92 Å². The average Bonchev–Trinajstić information content (AvgIpc) is 2.92. The fourth-order valence-corrected chi connectivity index (χ4v) is 2.53. The minimum absolute atomic E-state index is 0.0616. The smallest absolute Gasteiger partial charge is 0.328 e. The van der Waals surface area contributed by atoms with Crippen LogP contribution in [0.5, 0.6) is 0 Å². The largest absolute Gasteiger partial charge is 0.464 e. The Morgan fingerprint density at radius 1 is 1.38 bits per heavy atom. The van der Waals surface area contributed by atoms with Crippen LogP contribution < -0.4 is 11.1 Å². The second-order valence-electron chi connectivity index (χ2n) is 5.31. The van der Waals surface area contributed by atoms with Gasteiger partial charge in [0.2, 0.25) is 5.91 Å². The van der Waals surface area contributed by atoms with Gasteiger partial charge in [-0.1, -0.05) is 20.3 Å². The van der Waals surface area contributed by atoms with E-state index in [9.17, 15) is 14.4 Å². The molecule has 3 N–H and O–H groups in total. The highest BCUT2D eigenvalue weighted by atomic mass is 16.5. The average molecular weight is 299 g/mol. The fraction of sp³-hybridized carbons (Fsp3) is 0.786. The lowest BCUT2D eigenvalue weighted by molar-refractivity contribution is -0.153. The zero-order valence-corrected chi connectivity index (χ0v) is 12.9. The van der Waals surface area contributed by atoms with Gasteiger partial charge in [-0.05, 0) is 25.7 Å². The van der Waals surface area contributed by atoms with Gasteiger partial charge < -0.3 is 20.7 Å². The molecule has 3 unspecified atom stereocenters. The monoisotopic (exact) mass is 299 g/mol. The molecule has 1 aliphatic heterocycles. The van der Waals surface area contributed by atoms with Crippen molar-refractivity contribution in [2.24, 2.45) is 11.7 Å². The molecule has 7 nitrogen and oxygen atoms in total. The minimum Gasteiger partial charge on any atom is -0.464 e. The van der Waals surface area contributed by atoms with Crippen molar-refractivity contribution in [1.82, 2.24) is 10.2 Å². The number of likely N-dealkylation sites (tertiary alicyclic amines) is 1. The van der Waals surface area contributed by atoms with Crippen molar-refractivity contribution < 1.29 is 19.1 Å². The lowest BCUT2D eigenvalue weighted by atomic mass is 9.97. The Labute approximate surface area is 125 Å². The molecule has 1 heterocycles. The van der Waals surface area contributed by atoms with E-state index in [-0.39, 0.29) is 24.4 Å². The van der Waals surface area contributed by atoms with E-state index in [0.29, 0.717) is 19.4 Å². The number of amides is 3. The number of nitrogens with zero attached hydrogens (tertiary/aromatic N) is 1. The number of esters is 1. The van der Waals surface area contributed by atoms with Gasteiger partial charge in [-0.25, -0.2) is 9.59 Å². The zero-order chi connectivity index (χ0) is 16.0. The quantitative estimate of drug-likeness (QED) is 0.702. The molecule has 1 fully saturated rings. The summed E-state index contributed by atoms with van der Waals surface area (Å²) in [5, 5.41) is 2.49. The molecule has 0 spiro atoms. The number of carbonyl (C=O) groups is 3. The molecule has 3 amide bonds. The second kappa shape index (κ2) is 7.85. The summed E-state index contributed by atoms with van der Waals surface area (Å²) < 4.78 is 5.01. The normalized spacial score (nSPS) is 20.7. The van der Waals surface area contributed by atoms with Crippen LogP contribution in [-0.4, -0.2) is 48.0 Å². The van der Waals surface area contributed by atoms with Crippen LogP contribution in [0.3, 0.4) is 0 Å². The lowest BCUT2D eigenvalue weighted by Crippen LogP contribution is -2.55. The summed E-state index contributed by atoms with van der Waals surface area (Å²) in [4.78, 5) is 37.2. The highest BCUT2D eigenvalue weighted by Crippen LogP contribution is 2.22. The first-order valence-electron chi connectivity index (χ1n) is 7.45. The molecule has 7 heteroatoms. The molecular weight excluding hydrogens is 274 g/mol. The lowest BCUT2D eigenvalue weighted by Gasteiger charge is -2.30. The number of hydrogen-bond donors (Lipinski definition) is 2. The molecule has 0 aromatic heterocycles. The Hall–Kier alpha value is -1.79.